The maximum atomic E-state index is 11.3. The molecule has 1 aliphatic heterocycles. The van der Waals surface area contributed by atoms with Crippen LogP contribution in [-0.4, -0.2) is 11.8 Å². The molecule has 0 aromatic heterocycles. The van der Waals surface area contributed by atoms with Crippen LogP contribution >= 0.6 is 23.2 Å². The van der Waals surface area contributed by atoms with Gasteiger partial charge in [-0.25, -0.2) is 0 Å². The predicted octanol–water partition coefficient (Wildman–Crippen LogP) is 2.03. The van der Waals surface area contributed by atoms with E-state index in [9.17, 15) is 9.59 Å². The largest absolute Gasteiger partial charge is 0.289 e. The molecule has 3 nitrogen and oxygen atoms in total. The van der Waals surface area contributed by atoms with Gasteiger partial charge in [-0.2, -0.15) is 0 Å². The van der Waals surface area contributed by atoms with Gasteiger partial charge in [-0.15, -0.1) is 0 Å². The number of nitrogens with one attached hydrogen (secondary N) is 1. The van der Waals surface area contributed by atoms with Gasteiger partial charge in [-0.1, -0.05) is 35.3 Å². The molecule has 2 rings (SSSR count). The molecule has 0 unspecified atom stereocenters. The topological polar surface area (TPSA) is 46.2 Å². The second-order valence-corrected chi connectivity index (χ2v) is 3.76. The fourth-order valence-corrected chi connectivity index (χ4v) is 1.73. The van der Waals surface area contributed by atoms with Crippen molar-refractivity contribution in [2.24, 2.45) is 0 Å². The summed E-state index contributed by atoms with van der Waals surface area (Å²) in [5.41, 5.74) is 0.708. The van der Waals surface area contributed by atoms with Gasteiger partial charge >= 0.3 is 0 Å². The molecular weight excluding hydrogens is 237 g/mol. The Balaban J connectivity index is 2.56. The summed E-state index contributed by atoms with van der Waals surface area (Å²) in [7, 11) is 0. The standard InChI is InChI=1S/C10H5Cl2NO2/c11-7-3-1-2-5(9(7)12)6-4-8(14)13-10(6)15/h1-4H,(H,13,14,15). The maximum absolute atomic E-state index is 11.3. The fourth-order valence-electron chi connectivity index (χ4n) is 1.32. The molecule has 1 heterocycles. The molecule has 0 saturated carbocycles. The third-order valence-corrected chi connectivity index (χ3v) is 2.82. The number of imide groups is 1. The van der Waals surface area contributed by atoms with Crippen LogP contribution in [0.4, 0.5) is 0 Å². The van der Waals surface area contributed by atoms with E-state index in [1.807, 2.05) is 0 Å². The Kier molecular flexibility index (Phi) is 2.50. The van der Waals surface area contributed by atoms with Crippen molar-refractivity contribution in [2.75, 3.05) is 0 Å². The molecule has 1 aliphatic rings. The van der Waals surface area contributed by atoms with E-state index in [1.54, 1.807) is 18.2 Å². The summed E-state index contributed by atoms with van der Waals surface area (Å²) in [6, 6.07) is 4.92. The molecule has 0 spiro atoms. The van der Waals surface area contributed by atoms with E-state index in [1.165, 1.54) is 6.08 Å². The Hall–Kier alpha value is -1.32. The number of carbonyl (C=O) groups is 2. The molecule has 76 valence electrons. The highest BCUT2D eigenvalue weighted by atomic mass is 35.5. The van der Waals surface area contributed by atoms with Gasteiger partial charge in [-0.05, 0) is 6.07 Å². The zero-order valence-corrected chi connectivity index (χ0v) is 8.89. The number of hydrogen-bond donors (Lipinski definition) is 1. The zero-order valence-electron chi connectivity index (χ0n) is 7.38. The van der Waals surface area contributed by atoms with Crippen molar-refractivity contribution in [3.8, 4) is 0 Å². The van der Waals surface area contributed by atoms with Gasteiger partial charge in [0.05, 0.1) is 15.6 Å². The molecule has 2 amide bonds. The van der Waals surface area contributed by atoms with Crippen molar-refractivity contribution >= 4 is 40.6 Å². The molecule has 1 aromatic rings. The first-order chi connectivity index (χ1) is 7.09. The lowest BCUT2D eigenvalue weighted by Gasteiger charge is -2.04. The van der Waals surface area contributed by atoms with Crippen LogP contribution in [-0.2, 0) is 9.59 Å². The first-order valence-corrected chi connectivity index (χ1v) is 4.86. The summed E-state index contributed by atoms with van der Waals surface area (Å²) < 4.78 is 0. The highest BCUT2D eigenvalue weighted by Crippen LogP contribution is 2.31. The average Bonchev–Trinajstić information content (AvgIpc) is 2.50. The molecule has 5 heteroatoms. The molecule has 1 N–H and O–H groups in total. The lowest BCUT2D eigenvalue weighted by molar-refractivity contribution is -0.123. The Bertz CT molecular complexity index is 494. The molecule has 0 atom stereocenters. The van der Waals surface area contributed by atoms with Crippen LogP contribution in [0.2, 0.25) is 10.0 Å². The van der Waals surface area contributed by atoms with Crippen LogP contribution in [0.3, 0.4) is 0 Å². The first-order valence-electron chi connectivity index (χ1n) is 4.11. The Morgan fingerprint density at radius 1 is 1.13 bits per heavy atom. The Labute approximate surface area is 95.7 Å². The van der Waals surface area contributed by atoms with Crippen LogP contribution in [0, 0.1) is 0 Å². The summed E-state index contributed by atoms with van der Waals surface area (Å²) in [5.74, 6) is -0.893. The fraction of sp³-hybridized carbons (Fsp3) is 0. The van der Waals surface area contributed by atoms with Crippen molar-refractivity contribution < 1.29 is 9.59 Å². The highest BCUT2D eigenvalue weighted by molar-refractivity contribution is 6.45. The van der Waals surface area contributed by atoms with Gasteiger partial charge in [0, 0.05) is 11.6 Å². The molecule has 15 heavy (non-hydrogen) atoms. The van der Waals surface area contributed by atoms with Crippen LogP contribution in [0.25, 0.3) is 5.57 Å². The normalized spacial score (nSPS) is 15.2. The van der Waals surface area contributed by atoms with E-state index in [4.69, 9.17) is 23.2 Å². The number of hydrogen-bond acceptors (Lipinski definition) is 2. The number of amides is 2. The molecule has 0 aliphatic carbocycles. The maximum Gasteiger partial charge on any atom is 0.258 e. The van der Waals surface area contributed by atoms with Crippen molar-refractivity contribution in [1.29, 1.82) is 0 Å². The Morgan fingerprint density at radius 2 is 1.87 bits per heavy atom. The SMILES string of the molecule is O=C1C=C(c2cccc(Cl)c2Cl)C(=O)N1. The number of carbonyl (C=O) groups excluding carboxylic acids is 2. The van der Waals surface area contributed by atoms with Gasteiger partial charge in [0.15, 0.2) is 0 Å². The summed E-state index contributed by atoms with van der Waals surface area (Å²) in [6.07, 6.45) is 1.21. The van der Waals surface area contributed by atoms with Crippen LogP contribution in [0.5, 0.6) is 0 Å². The lowest BCUT2D eigenvalue weighted by Crippen LogP contribution is -2.21. The van der Waals surface area contributed by atoms with E-state index in [0.29, 0.717) is 10.6 Å². The van der Waals surface area contributed by atoms with Gasteiger partial charge in [0.25, 0.3) is 11.8 Å². The van der Waals surface area contributed by atoms with E-state index in [0.717, 1.165) is 0 Å². The molecular formula is C10H5Cl2NO2. The van der Waals surface area contributed by atoms with Gasteiger partial charge < -0.3 is 0 Å². The lowest BCUT2D eigenvalue weighted by atomic mass is 10.1. The van der Waals surface area contributed by atoms with Gasteiger partial charge in [0.2, 0.25) is 0 Å². The van der Waals surface area contributed by atoms with Crippen molar-refractivity contribution in [2.45, 2.75) is 0 Å². The van der Waals surface area contributed by atoms with Crippen LogP contribution in [0.1, 0.15) is 5.56 Å². The van der Waals surface area contributed by atoms with E-state index >= 15 is 0 Å². The second-order valence-electron chi connectivity index (χ2n) is 2.98. The third kappa shape index (κ3) is 1.76. The zero-order chi connectivity index (χ0) is 11.0. The second kappa shape index (κ2) is 3.68. The van der Waals surface area contributed by atoms with Crippen LogP contribution in [0.15, 0.2) is 24.3 Å². The molecule has 1 aromatic carbocycles. The van der Waals surface area contributed by atoms with Crippen molar-refractivity contribution in [3.63, 3.8) is 0 Å². The number of halogens is 2. The van der Waals surface area contributed by atoms with Crippen molar-refractivity contribution in [1.82, 2.24) is 5.32 Å². The molecule has 0 fully saturated rings. The predicted molar refractivity (Wildman–Crippen MR) is 57.6 cm³/mol. The minimum atomic E-state index is -0.454. The van der Waals surface area contributed by atoms with E-state index < -0.39 is 11.8 Å². The van der Waals surface area contributed by atoms with E-state index in [-0.39, 0.29) is 10.6 Å². The monoisotopic (exact) mass is 241 g/mol. The Morgan fingerprint density at radius 3 is 2.47 bits per heavy atom. The summed E-state index contributed by atoms with van der Waals surface area (Å²) in [4.78, 5) is 22.3. The number of rotatable bonds is 1. The number of benzene rings is 1. The third-order valence-electron chi connectivity index (χ3n) is 2.00. The molecule has 0 radical (unpaired) electrons. The summed E-state index contributed by atoms with van der Waals surface area (Å²) >= 11 is 11.7. The highest BCUT2D eigenvalue weighted by Gasteiger charge is 2.24. The van der Waals surface area contributed by atoms with Gasteiger partial charge in [0.1, 0.15) is 0 Å². The van der Waals surface area contributed by atoms with E-state index in [2.05, 4.69) is 5.32 Å². The smallest absolute Gasteiger partial charge is 0.258 e. The molecule has 0 saturated heterocycles. The van der Waals surface area contributed by atoms with Crippen LogP contribution < -0.4 is 5.32 Å². The minimum absolute atomic E-state index is 0.243. The quantitative estimate of drug-likeness (QED) is 0.766. The minimum Gasteiger partial charge on any atom is -0.289 e. The average molecular weight is 242 g/mol. The first kappa shape index (κ1) is 10.2. The summed E-state index contributed by atoms with van der Waals surface area (Å²) in [5, 5.41) is 2.76. The van der Waals surface area contributed by atoms with Gasteiger partial charge in [-0.3, -0.25) is 14.9 Å². The summed E-state index contributed by atoms with van der Waals surface area (Å²) in [6.45, 7) is 0. The molecule has 0 bridgehead atoms. The van der Waals surface area contributed by atoms with Crippen molar-refractivity contribution in [3.05, 3.63) is 39.9 Å².